The molecule has 0 radical (unpaired) electrons. The molecule has 1 amide bonds. The van der Waals surface area contributed by atoms with Crippen LogP contribution in [0.2, 0.25) is 0 Å². The lowest BCUT2D eigenvalue weighted by Gasteiger charge is -2.17. The van der Waals surface area contributed by atoms with Gasteiger partial charge < -0.3 is 5.32 Å². The van der Waals surface area contributed by atoms with Gasteiger partial charge in [0.25, 0.3) is 5.91 Å². The fourth-order valence-corrected chi connectivity index (χ4v) is 3.16. The quantitative estimate of drug-likeness (QED) is 0.741. The number of sulfonamides is 1. The van der Waals surface area contributed by atoms with Gasteiger partial charge in [-0.25, -0.2) is 12.7 Å². The molecule has 5 nitrogen and oxygen atoms in total. The third-order valence-corrected chi connectivity index (χ3v) is 5.36. The molecule has 0 aliphatic carbocycles. The number of nitrogens with zero attached hydrogens (tertiary/aromatic N) is 1. The summed E-state index contributed by atoms with van der Waals surface area (Å²) in [6.45, 7) is 5.04. The topological polar surface area (TPSA) is 66.5 Å². The summed E-state index contributed by atoms with van der Waals surface area (Å²) in [4.78, 5) is 12.0. The van der Waals surface area contributed by atoms with Crippen molar-refractivity contribution in [1.82, 2.24) is 9.62 Å². The second-order valence-corrected chi connectivity index (χ2v) is 7.66. The highest BCUT2D eigenvalue weighted by atomic mass is 79.9. The lowest BCUT2D eigenvalue weighted by atomic mass is 10.1. The molecule has 0 bridgehead atoms. The van der Waals surface area contributed by atoms with Crippen LogP contribution in [0.1, 0.15) is 29.3 Å². The van der Waals surface area contributed by atoms with Crippen LogP contribution in [0.25, 0.3) is 0 Å². The third kappa shape index (κ3) is 5.76. The molecular formula is C14H21BrN2O3S. The van der Waals surface area contributed by atoms with Crippen molar-refractivity contribution in [2.24, 2.45) is 0 Å². The molecular weight excluding hydrogens is 356 g/mol. The Balaban J connectivity index is 2.45. The first-order valence-corrected chi connectivity index (χ1v) is 9.39. The van der Waals surface area contributed by atoms with Gasteiger partial charge in [-0.2, -0.15) is 0 Å². The van der Waals surface area contributed by atoms with Crippen molar-refractivity contribution < 1.29 is 13.2 Å². The van der Waals surface area contributed by atoms with Crippen molar-refractivity contribution >= 4 is 31.9 Å². The Bertz CT molecular complexity index is 602. The number of benzene rings is 1. The predicted molar refractivity (Wildman–Crippen MR) is 87.9 cm³/mol. The maximum absolute atomic E-state index is 12.0. The molecule has 21 heavy (non-hydrogen) atoms. The maximum atomic E-state index is 12.0. The Morgan fingerprint density at radius 3 is 2.57 bits per heavy atom. The summed E-state index contributed by atoms with van der Waals surface area (Å²) < 4.78 is 25.1. The summed E-state index contributed by atoms with van der Waals surface area (Å²) in [5.41, 5.74) is 1.65. The average molecular weight is 377 g/mol. The van der Waals surface area contributed by atoms with Crippen molar-refractivity contribution in [1.29, 1.82) is 0 Å². The second-order valence-electron chi connectivity index (χ2n) is 4.83. The third-order valence-electron chi connectivity index (χ3n) is 3.13. The molecule has 0 aromatic heterocycles. The van der Waals surface area contributed by atoms with Gasteiger partial charge in [0.2, 0.25) is 10.0 Å². The van der Waals surface area contributed by atoms with E-state index in [4.69, 9.17) is 0 Å². The first-order valence-electron chi connectivity index (χ1n) is 6.75. The number of aryl methyl sites for hydroxylation is 1. The molecule has 0 saturated heterocycles. The van der Waals surface area contributed by atoms with Gasteiger partial charge in [-0.1, -0.05) is 28.9 Å². The molecule has 0 unspecified atom stereocenters. The summed E-state index contributed by atoms with van der Waals surface area (Å²) >= 11 is 3.39. The molecule has 1 rings (SSSR count). The van der Waals surface area contributed by atoms with E-state index in [0.29, 0.717) is 31.6 Å². The molecule has 1 aromatic rings. The summed E-state index contributed by atoms with van der Waals surface area (Å²) in [7, 11) is -3.16. The number of rotatable bonds is 7. The van der Waals surface area contributed by atoms with Crippen LogP contribution in [-0.2, 0) is 10.0 Å². The van der Waals surface area contributed by atoms with Crippen LogP contribution < -0.4 is 5.32 Å². The molecule has 0 spiro atoms. The SMILES string of the molecule is CCN(CCCNC(=O)c1ccc(C)c(Br)c1)S(C)(=O)=O. The minimum absolute atomic E-state index is 0.155. The summed E-state index contributed by atoms with van der Waals surface area (Å²) in [5, 5.41) is 2.80. The number of halogens is 1. The Kier molecular flexibility index (Phi) is 6.83. The monoisotopic (exact) mass is 376 g/mol. The molecule has 7 heteroatoms. The normalized spacial score (nSPS) is 11.7. The van der Waals surface area contributed by atoms with Crippen molar-refractivity contribution in [3.63, 3.8) is 0 Å². The highest BCUT2D eigenvalue weighted by Crippen LogP contribution is 2.17. The Labute approximate surface area is 134 Å². The van der Waals surface area contributed by atoms with Gasteiger partial charge in [0, 0.05) is 29.7 Å². The number of amides is 1. The van der Waals surface area contributed by atoms with E-state index in [-0.39, 0.29) is 5.91 Å². The van der Waals surface area contributed by atoms with Crippen molar-refractivity contribution in [3.05, 3.63) is 33.8 Å². The Morgan fingerprint density at radius 2 is 2.05 bits per heavy atom. The fourth-order valence-electron chi connectivity index (χ4n) is 1.85. The average Bonchev–Trinajstić information content (AvgIpc) is 2.40. The predicted octanol–water partition coefficient (Wildman–Crippen LogP) is 2.16. The van der Waals surface area contributed by atoms with Crippen LogP contribution in [0.5, 0.6) is 0 Å². The van der Waals surface area contributed by atoms with E-state index in [0.717, 1.165) is 10.0 Å². The smallest absolute Gasteiger partial charge is 0.251 e. The van der Waals surface area contributed by atoms with Crippen LogP contribution in [0, 0.1) is 6.92 Å². The van der Waals surface area contributed by atoms with Gasteiger partial charge in [0.15, 0.2) is 0 Å². The number of hydrogen-bond acceptors (Lipinski definition) is 3. The molecule has 0 aliphatic rings. The van der Waals surface area contributed by atoms with E-state index < -0.39 is 10.0 Å². The summed E-state index contributed by atoms with van der Waals surface area (Å²) in [5.74, 6) is -0.155. The molecule has 0 aliphatic heterocycles. The highest BCUT2D eigenvalue weighted by molar-refractivity contribution is 9.10. The van der Waals surface area contributed by atoms with Crippen molar-refractivity contribution in [2.45, 2.75) is 20.3 Å². The first kappa shape index (κ1) is 18.1. The molecule has 0 heterocycles. The minimum Gasteiger partial charge on any atom is -0.352 e. The van der Waals surface area contributed by atoms with Crippen LogP contribution >= 0.6 is 15.9 Å². The lowest BCUT2D eigenvalue weighted by Crippen LogP contribution is -2.33. The van der Waals surface area contributed by atoms with Gasteiger partial charge in [-0.15, -0.1) is 0 Å². The molecule has 0 saturated carbocycles. The zero-order valence-electron chi connectivity index (χ0n) is 12.5. The van der Waals surface area contributed by atoms with Crippen LogP contribution in [0.15, 0.2) is 22.7 Å². The number of hydrogen-bond donors (Lipinski definition) is 1. The summed E-state index contributed by atoms with van der Waals surface area (Å²) in [6.07, 6.45) is 1.78. The van der Waals surface area contributed by atoms with Crippen molar-refractivity contribution in [2.75, 3.05) is 25.9 Å². The zero-order chi connectivity index (χ0) is 16.0. The maximum Gasteiger partial charge on any atom is 0.251 e. The Morgan fingerprint density at radius 1 is 1.38 bits per heavy atom. The highest BCUT2D eigenvalue weighted by Gasteiger charge is 2.13. The molecule has 1 N–H and O–H groups in total. The molecule has 1 aromatic carbocycles. The van der Waals surface area contributed by atoms with Gasteiger partial charge in [0.1, 0.15) is 0 Å². The van der Waals surface area contributed by atoms with Gasteiger partial charge in [0.05, 0.1) is 6.26 Å². The van der Waals surface area contributed by atoms with E-state index >= 15 is 0 Å². The van der Waals surface area contributed by atoms with Crippen LogP contribution in [0.4, 0.5) is 0 Å². The fraction of sp³-hybridized carbons (Fsp3) is 0.500. The van der Waals surface area contributed by atoms with Crippen LogP contribution in [-0.4, -0.2) is 44.5 Å². The number of carbonyl (C=O) groups is 1. The minimum atomic E-state index is -3.16. The lowest BCUT2D eigenvalue weighted by molar-refractivity contribution is 0.0952. The molecule has 118 valence electrons. The first-order chi connectivity index (χ1) is 9.75. The van der Waals surface area contributed by atoms with E-state index in [2.05, 4.69) is 21.2 Å². The van der Waals surface area contributed by atoms with E-state index in [9.17, 15) is 13.2 Å². The summed E-state index contributed by atoms with van der Waals surface area (Å²) in [6, 6.07) is 5.42. The van der Waals surface area contributed by atoms with Crippen molar-refractivity contribution in [3.8, 4) is 0 Å². The van der Waals surface area contributed by atoms with E-state index in [1.807, 2.05) is 13.0 Å². The zero-order valence-corrected chi connectivity index (χ0v) is 14.9. The molecule has 0 atom stereocenters. The van der Waals surface area contributed by atoms with Gasteiger partial charge in [-0.3, -0.25) is 4.79 Å². The van der Waals surface area contributed by atoms with E-state index in [1.54, 1.807) is 19.1 Å². The van der Waals surface area contributed by atoms with Crippen LogP contribution in [0.3, 0.4) is 0 Å². The number of carbonyl (C=O) groups excluding carboxylic acids is 1. The Hall–Kier alpha value is -0.920. The number of nitrogens with one attached hydrogen (secondary N) is 1. The van der Waals surface area contributed by atoms with Gasteiger partial charge >= 0.3 is 0 Å². The second kappa shape index (κ2) is 7.91. The van der Waals surface area contributed by atoms with Gasteiger partial charge in [-0.05, 0) is 31.0 Å². The molecule has 0 fully saturated rings. The largest absolute Gasteiger partial charge is 0.352 e. The van der Waals surface area contributed by atoms with E-state index in [1.165, 1.54) is 10.6 Å². The standard InChI is InChI=1S/C14H21BrN2O3S/c1-4-17(21(3,19)20)9-5-8-16-14(18)12-7-6-11(2)13(15)10-12/h6-7,10H,4-5,8-9H2,1-3H3,(H,16,18).